The topological polar surface area (TPSA) is 58.6 Å². The van der Waals surface area contributed by atoms with Crippen LogP contribution in [-0.2, 0) is 16.1 Å². The van der Waals surface area contributed by atoms with Crippen LogP contribution in [0.5, 0.6) is 5.75 Å². The summed E-state index contributed by atoms with van der Waals surface area (Å²) in [7, 11) is 0. The second-order valence-corrected chi connectivity index (χ2v) is 7.60. The van der Waals surface area contributed by atoms with E-state index in [0.29, 0.717) is 5.75 Å². The number of rotatable bonds is 8. The summed E-state index contributed by atoms with van der Waals surface area (Å²) in [6.07, 6.45) is 0. The third-order valence-corrected chi connectivity index (χ3v) is 4.42. The molecular weight excluding hydrogens is 371 g/mol. The van der Waals surface area contributed by atoms with Crippen LogP contribution in [0.2, 0.25) is 0 Å². The number of amides is 2. The normalized spacial score (nSPS) is 11.8. The minimum absolute atomic E-state index is 0.0424. The molecular formula is C23H29FN2O3. The van der Waals surface area contributed by atoms with Crippen LogP contribution >= 0.6 is 0 Å². The number of hydrogen-bond donors (Lipinski definition) is 1. The van der Waals surface area contributed by atoms with Crippen molar-refractivity contribution in [1.29, 1.82) is 0 Å². The number of benzene rings is 2. The van der Waals surface area contributed by atoms with Gasteiger partial charge in [-0.3, -0.25) is 9.59 Å². The van der Waals surface area contributed by atoms with Crippen molar-refractivity contribution in [2.45, 2.75) is 53.2 Å². The Kier molecular flexibility index (Phi) is 7.76. The van der Waals surface area contributed by atoms with E-state index in [1.807, 2.05) is 45.9 Å². The molecule has 0 saturated carbocycles. The van der Waals surface area contributed by atoms with Crippen molar-refractivity contribution in [1.82, 2.24) is 10.2 Å². The van der Waals surface area contributed by atoms with Gasteiger partial charge in [-0.25, -0.2) is 4.39 Å². The first-order chi connectivity index (χ1) is 13.7. The van der Waals surface area contributed by atoms with Gasteiger partial charge in [0.1, 0.15) is 17.6 Å². The predicted molar refractivity (Wildman–Crippen MR) is 111 cm³/mol. The first kappa shape index (κ1) is 22.4. The van der Waals surface area contributed by atoms with E-state index in [9.17, 15) is 14.0 Å². The maximum atomic E-state index is 13.2. The van der Waals surface area contributed by atoms with E-state index in [0.717, 1.165) is 16.7 Å². The van der Waals surface area contributed by atoms with Gasteiger partial charge in [-0.05, 0) is 75.6 Å². The largest absolute Gasteiger partial charge is 0.484 e. The summed E-state index contributed by atoms with van der Waals surface area (Å²) in [5, 5.41) is 2.83. The Bertz CT molecular complexity index is 829. The SMILES string of the molecule is Cc1cc(C)cc(OCC(=O)N(Cc2ccc(F)cc2)[C@@H](C)C(=O)NC(C)C)c1. The number of aryl methyl sites for hydroxylation is 2. The number of carbonyl (C=O) groups is 2. The summed E-state index contributed by atoms with van der Waals surface area (Å²) in [4.78, 5) is 26.9. The molecule has 0 spiro atoms. The third kappa shape index (κ3) is 6.89. The Hall–Kier alpha value is -2.89. The molecule has 5 nitrogen and oxygen atoms in total. The van der Waals surface area contributed by atoms with Crippen LogP contribution in [0.3, 0.4) is 0 Å². The quantitative estimate of drug-likeness (QED) is 0.734. The monoisotopic (exact) mass is 400 g/mol. The predicted octanol–water partition coefficient (Wildman–Crippen LogP) is 3.76. The third-order valence-electron chi connectivity index (χ3n) is 4.42. The van der Waals surface area contributed by atoms with E-state index < -0.39 is 6.04 Å². The average molecular weight is 400 g/mol. The second-order valence-electron chi connectivity index (χ2n) is 7.60. The van der Waals surface area contributed by atoms with Crippen molar-refractivity contribution < 1.29 is 18.7 Å². The number of hydrogen-bond acceptors (Lipinski definition) is 3. The smallest absolute Gasteiger partial charge is 0.261 e. The number of ether oxygens (including phenoxy) is 1. The first-order valence-corrected chi connectivity index (χ1v) is 9.71. The first-order valence-electron chi connectivity index (χ1n) is 9.71. The molecule has 0 aliphatic carbocycles. The van der Waals surface area contributed by atoms with Crippen LogP contribution in [0.1, 0.15) is 37.5 Å². The fourth-order valence-corrected chi connectivity index (χ4v) is 3.02. The lowest BCUT2D eigenvalue weighted by Crippen LogP contribution is -2.50. The minimum Gasteiger partial charge on any atom is -0.484 e. The fourth-order valence-electron chi connectivity index (χ4n) is 3.02. The van der Waals surface area contributed by atoms with E-state index in [2.05, 4.69) is 5.32 Å². The number of carbonyl (C=O) groups excluding carboxylic acids is 2. The average Bonchev–Trinajstić information content (AvgIpc) is 2.63. The summed E-state index contributed by atoms with van der Waals surface area (Å²) in [5.74, 6) is -0.311. The van der Waals surface area contributed by atoms with Gasteiger partial charge in [0.25, 0.3) is 5.91 Å². The van der Waals surface area contributed by atoms with Crippen molar-refractivity contribution in [2.75, 3.05) is 6.61 Å². The standard InChI is InChI=1S/C23H29FN2O3/c1-15(2)25-23(28)18(5)26(13-19-6-8-20(24)9-7-19)22(27)14-29-21-11-16(3)10-17(4)12-21/h6-12,15,18H,13-14H2,1-5H3,(H,25,28)/t18-/m0/s1. The molecule has 0 unspecified atom stereocenters. The molecule has 0 aromatic heterocycles. The molecule has 6 heteroatoms. The molecule has 2 amide bonds. The lowest BCUT2D eigenvalue weighted by atomic mass is 10.1. The zero-order valence-electron chi connectivity index (χ0n) is 17.7. The molecule has 0 bridgehead atoms. The van der Waals surface area contributed by atoms with Crippen LogP contribution in [0, 0.1) is 19.7 Å². The molecule has 0 radical (unpaired) electrons. The molecule has 1 atom stereocenters. The minimum atomic E-state index is -0.696. The maximum absolute atomic E-state index is 13.2. The van der Waals surface area contributed by atoms with E-state index in [-0.39, 0.29) is 36.8 Å². The van der Waals surface area contributed by atoms with Gasteiger partial charge in [0, 0.05) is 12.6 Å². The second kappa shape index (κ2) is 10.0. The molecule has 0 heterocycles. The molecule has 29 heavy (non-hydrogen) atoms. The van der Waals surface area contributed by atoms with Gasteiger partial charge in [0.2, 0.25) is 5.91 Å². The molecule has 2 aromatic carbocycles. The molecule has 156 valence electrons. The molecule has 2 rings (SSSR count). The zero-order chi connectivity index (χ0) is 21.6. The molecule has 0 fully saturated rings. The van der Waals surface area contributed by atoms with Gasteiger partial charge in [-0.2, -0.15) is 0 Å². The highest BCUT2D eigenvalue weighted by atomic mass is 19.1. The van der Waals surface area contributed by atoms with Crippen LogP contribution in [-0.4, -0.2) is 35.4 Å². The van der Waals surface area contributed by atoms with Crippen molar-refractivity contribution in [3.63, 3.8) is 0 Å². The van der Waals surface area contributed by atoms with E-state index in [1.54, 1.807) is 19.1 Å². The van der Waals surface area contributed by atoms with Crippen molar-refractivity contribution in [2.24, 2.45) is 0 Å². The van der Waals surface area contributed by atoms with Crippen molar-refractivity contribution in [3.05, 3.63) is 65.0 Å². The molecule has 0 aliphatic rings. The van der Waals surface area contributed by atoms with Crippen LogP contribution in [0.4, 0.5) is 4.39 Å². The number of nitrogens with zero attached hydrogens (tertiary/aromatic N) is 1. The van der Waals surface area contributed by atoms with Gasteiger partial charge in [-0.1, -0.05) is 18.2 Å². The van der Waals surface area contributed by atoms with Gasteiger partial charge in [-0.15, -0.1) is 0 Å². The fraction of sp³-hybridized carbons (Fsp3) is 0.391. The summed E-state index contributed by atoms with van der Waals surface area (Å²) >= 11 is 0. The number of nitrogens with one attached hydrogen (secondary N) is 1. The Morgan fingerprint density at radius 2 is 1.62 bits per heavy atom. The molecule has 0 aliphatic heterocycles. The highest BCUT2D eigenvalue weighted by Gasteiger charge is 2.27. The van der Waals surface area contributed by atoms with E-state index >= 15 is 0 Å². The van der Waals surface area contributed by atoms with E-state index in [4.69, 9.17) is 4.74 Å². The molecule has 0 saturated heterocycles. The maximum Gasteiger partial charge on any atom is 0.261 e. The zero-order valence-corrected chi connectivity index (χ0v) is 17.7. The van der Waals surface area contributed by atoms with E-state index in [1.165, 1.54) is 17.0 Å². The summed E-state index contributed by atoms with van der Waals surface area (Å²) in [6.45, 7) is 9.31. The summed E-state index contributed by atoms with van der Waals surface area (Å²) in [6, 6.07) is 10.9. The summed E-state index contributed by atoms with van der Waals surface area (Å²) < 4.78 is 18.9. The lowest BCUT2D eigenvalue weighted by Gasteiger charge is -2.29. The van der Waals surface area contributed by atoms with Gasteiger partial charge >= 0.3 is 0 Å². The molecule has 1 N–H and O–H groups in total. The Labute approximate surface area is 171 Å². The molecule has 2 aromatic rings. The van der Waals surface area contributed by atoms with Crippen LogP contribution < -0.4 is 10.1 Å². The van der Waals surface area contributed by atoms with Crippen LogP contribution in [0.15, 0.2) is 42.5 Å². The van der Waals surface area contributed by atoms with Gasteiger partial charge in [0.15, 0.2) is 6.61 Å². The van der Waals surface area contributed by atoms with Gasteiger partial charge < -0.3 is 15.0 Å². The highest BCUT2D eigenvalue weighted by molar-refractivity contribution is 5.88. The number of halogens is 1. The van der Waals surface area contributed by atoms with Crippen LogP contribution in [0.25, 0.3) is 0 Å². The summed E-state index contributed by atoms with van der Waals surface area (Å²) in [5.41, 5.74) is 2.82. The van der Waals surface area contributed by atoms with Crippen molar-refractivity contribution in [3.8, 4) is 5.75 Å². The van der Waals surface area contributed by atoms with Crippen molar-refractivity contribution >= 4 is 11.8 Å². The Balaban J connectivity index is 2.16. The van der Waals surface area contributed by atoms with Gasteiger partial charge in [0.05, 0.1) is 0 Å². The Morgan fingerprint density at radius 3 is 2.17 bits per heavy atom. The lowest BCUT2D eigenvalue weighted by molar-refractivity contribution is -0.142. The highest BCUT2D eigenvalue weighted by Crippen LogP contribution is 2.17. The Morgan fingerprint density at radius 1 is 1.03 bits per heavy atom.